The lowest BCUT2D eigenvalue weighted by Crippen LogP contribution is -2.13. The van der Waals surface area contributed by atoms with Crippen molar-refractivity contribution in [1.29, 1.82) is 5.26 Å². The number of amides is 1. The average Bonchev–Trinajstić information content (AvgIpc) is 2.62. The molecule has 0 saturated carbocycles. The summed E-state index contributed by atoms with van der Waals surface area (Å²) in [5.74, 6) is 0.884. The molecule has 5 nitrogen and oxygen atoms in total. The first-order chi connectivity index (χ1) is 12.6. The Bertz CT molecular complexity index is 856. The molecule has 2 aromatic carbocycles. The predicted octanol–water partition coefficient (Wildman–Crippen LogP) is 4.79. The molecule has 6 heteroatoms. The van der Waals surface area contributed by atoms with Gasteiger partial charge in [-0.3, -0.25) is 4.79 Å². The Morgan fingerprint density at radius 3 is 2.62 bits per heavy atom. The van der Waals surface area contributed by atoms with Crippen molar-refractivity contribution in [2.24, 2.45) is 0 Å². The summed E-state index contributed by atoms with van der Waals surface area (Å²) in [6.45, 7) is 4.88. The van der Waals surface area contributed by atoms with Crippen LogP contribution in [0.5, 0.6) is 11.5 Å². The molecule has 0 fully saturated rings. The Balaban J connectivity index is 2.18. The number of carbonyl (C=O) groups excluding carboxylic acids is 1. The van der Waals surface area contributed by atoms with E-state index in [1.54, 1.807) is 42.5 Å². The third kappa shape index (κ3) is 5.36. The summed E-state index contributed by atoms with van der Waals surface area (Å²) in [7, 11) is 0. The van der Waals surface area contributed by atoms with Gasteiger partial charge >= 0.3 is 0 Å². The lowest BCUT2D eigenvalue weighted by molar-refractivity contribution is -0.112. The summed E-state index contributed by atoms with van der Waals surface area (Å²) < 4.78 is 11.6. The minimum atomic E-state index is -0.480. The molecule has 0 heterocycles. The fourth-order valence-corrected chi connectivity index (χ4v) is 2.73. The van der Waals surface area contributed by atoms with Crippen molar-refractivity contribution in [3.05, 3.63) is 58.1 Å². The maximum absolute atomic E-state index is 12.4. The first-order valence-electron chi connectivity index (χ1n) is 8.15. The van der Waals surface area contributed by atoms with Crippen LogP contribution in [-0.2, 0) is 4.79 Å². The number of hydrogen-bond donors (Lipinski definition) is 1. The second-order valence-electron chi connectivity index (χ2n) is 5.21. The molecular formula is C20H19BrN2O3. The molecule has 1 amide bonds. The van der Waals surface area contributed by atoms with Gasteiger partial charge in [-0.2, -0.15) is 5.26 Å². The molecule has 0 unspecified atom stereocenters. The summed E-state index contributed by atoms with van der Waals surface area (Å²) in [5, 5.41) is 12.1. The number of anilines is 1. The summed E-state index contributed by atoms with van der Waals surface area (Å²) in [5.41, 5.74) is 1.29. The zero-order chi connectivity index (χ0) is 18.9. The maximum Gasteiger partial charge on any atom is 0.266 e. The molecule has 0 radical (unpaired) electrons. The van der Waals surface area contributed by atoms with Gasteiger partial charge in [-0.15, -0.1) is 0 Å². The third-order valence-corrected chi connectivity index (χ3v) is 3.95. The van der Waals surface area contributed by atoms with Crippen LogP contribution < -0.4 is 14.8 Å². The van der Waals surface area contributed by atoms with Gasteiger partial charge in [-0.05, 0) is 65.7 Å². The van der Waals surface area contributed by atoms with E-state index in [0.29, 0.717) is 30.4 Å². The first-order valence-corrected chi connectivity index (χ1v) is 8.95. The second kappa shape index (κ2) is 9.64. The van der Waals surface area contributed by atoms with Crippen LogP contribution in [0.25, 0.3) is 6.08 Å². The Morgan fingerprint density at radius 1 is 1.19 bits per heavy atom. The molecule has 2 aromatic rings. The minimum absolute atomic E-state index is 0.00266. The van der Waals surface area contributed by atoms with Gasteiger partial charge in [0.2, 0.25) is 0 Å². The Kier molecular flexibility index (Phi) is 7.24. The highest BCUT2D eigenvalue weighted by Gasteiger charge is 2.11. The van der Waals surface area contributed by atoms with E-state index in [2.05, 4.69) is 21.2 Å². The van der Waals surface area contributed by atoms with Gasteiger partial charge in [0.15, 0.2) is 0 Å². The molecule has 0 aromatic heterocycles. The van der Waals surface area contributed by atoms with E-state index in [1.165, 1.54) is 6.08 Å². The molecular weight excluding hydrogens is 396 g/mol. The molecule has 26 heavy (non-hydrogen) atoms. The van der Waals surface area contributed by atoms with Gasteiger partial charge in [0.1, 0.15) is 23.1 Å². The van der Waals surface area contributed by atoms with Crippen LogP contribution in [0.2, 0.25) is 0 Å². The monoisotopic (exact) mass is 414 g/mol. The predicted molar refractivity (Wildman–Crippen MR) is 105 cm³/mol. The fourth-order valence-electron chi connectivity index (χ4n) is 2.22. The number of benzene rings is 2. The minimum Gasteiger partial charge on any atom is -0.494 e. The highest BCUT2D eigenvalue weighted by molar-refractivity contribution is 9.10. The standard InChI is InChI=1S/C20H19BrN2O3/c1-3-25-17-7-5-6-16(12-17)23-20(24)15(13-22)10-14-8-9-19(26-4-2)18(21)11-14/h5-12H,3-4H2,1-2H3,(H,23,24)/b15-10-. The van der Waals surface area contributed by atoms with Crippen LogP contribution in [0, 0.1) is 11.3 Å². The topological polar surface area (TPSA) is 71.3 Å². The zero-order valence-corrected chi connectivity index (χ0v) is 16.2. The van der Waals surface area contributed by atoms with Gasteiger partial charge in [-0.25, -0.2) is 0 Å². The van der Waals surface area contributed by atoms with E-state index < -0.39 is 5.91 Å². The van der Waals surface area contributed by atoms with Gasteiger partial charge in [0.25, 0.3) is 5.91 Å². The highest BCUT2D eigenvalue weighted by Crippen LogP contribution is 2.27. The number of ether oxygens (including phenoxy) is 2. The van der Waals surface area contributed by atoms with Crippen molar-refractivity contribution >= 4 is 33.6 Å². The number of nitriles is 1. The van der Waals surface area contributed by atoms with E-state index in [4.69, 9.17) is 9.47 Å². The maximum atomic E-state index is 12.4. The van der Waals surface area contributed by atoms with Crippen LogP contribution >= 0.6 is 15.9 Å². The van der Waals surface area contributed by atoms with Crippen LogP contribution in [0.1, 0.15) is 19.4 Å². The number of halogens is 1. The number of nitrogens with zero attached hydrogens (tertiary/aromatic N) is 1. The zero-order valence-electron chi connectivity index (χ0n) is 14.6. The van der Waals surface area contributed by atoms with Crippen molar-refractivity contribution < 1.29 is 14.3 Å². The summed E-state index contributed by atoms with van der Waals surface area (Å²) in [4.78, 5) is 12.4. The number of carbonyl (C=O) groups is 1. The lowest BCUT2D eigenvalue weighted by Gasteiger charge is -2.08. The number of hydrogen-bond acceptors (Lipinski definition) is 4. The average molecular weight is 415 g/mol. The first kappa shape index (κ1) is 19.5. The van der Waals surface area contributed by atoms with Crippen LogP contribution in [0.15, 0.2) is 52.5 Å². The molecule has 0 atom stereocenters. The summed E-state index contributed by atoms with van der Waals surface area (Å²) in [6, 6.07) is 14.3. The number of nitrogens with one attached hydrogen (secondary N) is 1. The Labute approximate surface area is 161 Å². The van der Waals surface area contributed by atoms with Crippen molar-refractivity contribution in [2.45, 2.75) is 13.8 Å². The summed E-state index contributed by atoms with van der Waals surface area (Å²) in [6.07, 6.45) is 1.53. The van der Waals surface area contributed by atoms with E-state index in [9.17, 15) is 10.1 Å². The normalized spacial score (nSPS) is 10.8. The van der Waals surface area contributed by atoms with E-state index in [-0.39, 0.29) is 5.57 Å². The summed E-state index contributed by atoms with van der Waals surface area (Å²) >= 11 is 3.42. The Morgan fingerprint density at radius 2 is 1.96 bits per heavy atom. The van der Waals surface area contributed by atoms with Crippen LogP contribution in [-0.4, -0.2) is 19.1 Å². The molecule has 0 spiro atoms. The molecule has 134 valence electrons. The second-order valence-corrected chi connectivity index (χ2v) is 6.06. The molecule has 0 bridgehead atoms. The van der Waals surface area contributed by atoms with E-state index in [0.717, 1.165) is 10.0 Å². The molecule has 1 N–H and O–H groups in total. The van der Waals surface area contributed by atoms with Gasteiger partial charge in [0.05, 0.1) is 17.7 Å². The van der Waals surface area contributed by atoms with Crippen molar-refractivity contribution in [1.82, 2.24) is 0 Å². The van der Waals surface area contributed by atoms with Gasteiger partial charge in [-0.1, -0.05) is 12.1 Å². The quantitative estimate of drug-likeness (QED) is 0.521. The fraction of sp³-hybridized carbons (Fsp3) is 0.200. The van der Waals surface area contributed by atoms with Crippen LogP contribution in [0.3, 0.4) is 0 Å². The lowest BCUT2D eigenvalue weighted by atomic mass is 10.1. The SMILES string of the molecule is CCOc1cccc(NC(=O)/C(C#N)=C\c2ccc(OCC)c(Br)c2)c1. The smallest absolute Gasteiger partial charge is 0.266 e. The van der Waals surface area contributed by atoms with Crippen molar-refractivity contribution in [3.63, 3.8) is 0 Å². The molecule has 0 aliphatic heterocycles. The number of rotatable bonds is 7. The molecule has 2 rings (SSSR count). The molecule has 0 saturated heterocycles. The highest BCUT2D eigenvalue weighted by atomic mass is 79.9. The Hall–Kier alpha value is -2.78. The van der Waals surface area contributed by atoms with Crippen LogP contribution in [0.4, 0.5) is 5.69 Å². The van der Waals surface area contributed by atoms with Crippen molar-refractivity contribution in [2.75, 3.05) is 18.5 Å². The van der Waals surface area contributed by atoms with E-state index in [1.807, 2.05) is 19.9 Å². The molecule has 0 aliphatic rings. The largest absolute Gasteiger partial charge is 0.494 e. The van der Waals surface area contributed by atoms with Gasteiger partial charge in [0, 0.05) is 11.8 Å². The third-order valence-electron chi connectivity index (χ3n) is 3.33. The van der Waals surface area contributed by atoms with Gasteiger partial charge < -0.3 is 14.8 Å². The van der Waals surface area contributed by atoms with E-state index >= 15 is 0 Å². The molecule has 0 aliphatic carbocycles. The van der Waals surface area contributed by atoms with Crippen molar-refractivity contribution in [3.8, 4) is 17.6 Å².